The molecule has 1 amide bonds. The molecule has 0 saturated heterocycles. The molecule has 6 nitrogen and oxygen atoms in total. The van der Waals surface area contributed by atoms with Crippen molar-refractivity contribution in [3.8, 4) is 11.4 Å². The summed E-state index contributed by atoms with van der Waals surface area (Å²) in [5.74, 6) is -0.257. The molecular formula is C27H20F3N3O3. The molecule has 9 heteroatoms. The molecule has 182 valence electrons. The lowest BCUT2D eigenvalue weighted by Crippen LogP contribution is -2.27. The van der Waals surface area contributed by atoms with Crippen molar-refractivity contribution in [2.45, 2.75) is 25.6 Å². The molecule has 0 aliphatic carbocycles. The average Bonchev–Trinajstić information content (AvgIpc) is 2.89. The number of rotatable bonds is 4. The number of aromatic nitrogens is 2. The lowest BCUT2D eigenvalue weighted by atomic mass is 10.0. The first-order valence-electron chi connectivity index (χ1n) is 11.2. The highest BCUT2D eigenvalue weighted by Crippen LogP contribution is 2.33. The van der Waals surface area contributed by atoms with Crippen molar-refractivity contribution in [3.05, 3.63) is 112 Å². The van der Waals surface area contributed by atoms with E-state index in [4.69, 9.17) is 4.74 Å². The molecule has 0 saturated carbocycles. The van der Waals surface area contributed by atoms with Gasteiger partial charge in [-0.3, -0.25) is 19.1 Å². The van der Waals surface area contributed by atoms with Gasteiger partial charge in [-0.05, 0) is 74.0 Å². The van der Waals surface area contributed by atoms with Gasteiger partial charge in [0.05, 0.1) is 29.1 Å². The maximum absolute atomic E-state index is 13.3. The Morgan fingerprint density at radius 2 is 1.89 bits per heavy atom. The Morgan fingerprint density at radius 3 is 2.58 bits per heavy atom. The lowest BCUT2D eigenvalue weighted by Gasteiger charge is -2.20. The first-order chi connectivity index (χ1) is 17.2. The molecule has 2 aromatic carbocycles. The van der Waals surface area contributed by atoms with Crippen LogP contribution in [0.1, 0.15) is 40.1 Å². The Hall–Kier alpha value is -4.40. The van der Waals surface area contributed by atoms with E-state index in [-0.39, 0.29) is 23.4 Å². The second-order valence-electron chi connectivity index (χ2n) is 8.37. The molecule has 2 aromatic heterocycles. The molecule has 5 rings (SSSR count). The van der Waals surface area contributed by atoms with Crippen molar-refractivity contribution in [2.24, 2.45) is 0 Å². The summed E-state index contributed by atoms with van der Waals surface area (Å²) in [6, 6.07) is 14.3. The van der Waals surface area contributed by atoms with Gasteiger partial charge in [0.2, 0.25) is 0 Å². The topological polar surface area (TPSA) is 73.2 Å². The number of nitrogens with zero attached hydrogens (tertiary/aromatic N) is 2. The van der Waals surface area contributed by atoms with Crippen LogP contribution in [0.25, 0.3) is 16.6 Å². The van der Waals surface area contributed by atoms with Crippen molar-refractivity contribution in [2.75, 3.05) is 0 Å². The monoisotopic (exact) mass is 491 g/mol. The number of pyridine rings is 2. The predicted molar refractivity (Wildman–Crippen MR) is 128 cm³/mol. The Balaban J connectivity index is 1.60. The van der Waals surface area contributed by atoms with Crippen LogP contribution in [0.4, 0.5) is 13.2 Å². The number of ether oxygens (including phenoxy) is 1. The van der Waals surface area contributed by atoms with Crippen LogP contribution < -0.4 is 15.6 Å². The molecule has 0 spiro atoms. The molecule has 0 bridgehead atoms. The van der Waals surface area contributed by atoms with Crippen LogP contribution in [0.2, 0.25) is 0 Å². The van der Waals surface area contributed by atoms with Crippen molar-refractivity contribution in [1.82, 2.24) is 14.9 Å². The third kappa shape index (κ3) is 4.24. The van der Waals surface area contributed by atoms with Gasteiger partial charge in [-0.2, -0.15) is 13.2 Å². The Kier molecular flexibility index (Phi) is 5.83. The highest BCUT2D eigenvalue weighted by atomic mass is 19.4. The summed E-state index contributed by atoms with van der Waals surface area (Å²) in [6.07, 6.45) is 0.708. The maximum Gasteiger partial charge on any atom is 0.416 e. The zero-order valence-electron chi connectivity index (χ0n) is 19.0. The molecule has 0 radical (unpaired) electrons. The smallest absolute Gasteiger partial charge is 0.416 e. The lowest BCUT2D eigenvalue weighted by molar-refractivity contribution is -0.137. The number of allylic oxidation sites excluding steroid dienone is 1. The van der Waals surface area contributed by atoms with Gasteiger partial charge in [0.25, 0.3) is 11.5 Å². The second kappa shape index (κ2) is 8.99. The number of carbonyl (C=O) groups is 1. The highest BCUT2D eigenvalue weighted by Gasteiger charge is 2.30. The van der Waals surface area contributed by atoms with Gasteiger partial charge in [-0.25, -0.2) is 0 Å². The van der Waals surface area contributed by atoms with Gasteiger partial charge in [0, 0.05) is 28.4 Å². The van der Waals surface area contributed by atoms with E-state index in [0.717, 1.165) is 12.1 Å². The number of halogens is 3. The quantitative estimate of drug-likeness (QED) is 0.418. The number of carbonyl (C=O) groups excluding carboxylic acids is 1. The minimum absolute atomic E-state index is 0.0734. The van der Waals surface area contributed by atoms with Crippen LogP contribution >= 0.6 is 0 Å². The van der Waals surface area contributed by atoms with Crippen LogP contribution in [0, 0.1) is 0 Å². The molecule has 1 N–H and O–H groups in total. The maximum atomic E-state index is 13.3. The summed E-state index contributed by atoms with van der Waals surface area (Å²) in [5, 5.41) is 3.50. The number of amides is 1. The Labute approximate surface area is 203 Å². The number of fused-ring (bicyclic) bond motifs is 3. The normalized spacial score (nSPS) is 13.7. The summed E-state index contributed by atoms with van der Waals surface area (Å²) >= 11 is 0. The van der Waals surface area contributed by atoms with Crippen molar-refractivity contribution < 1.29 is 22.7 Å². The fourth-order valence-electron chi connectivity index (χ4n) is 4.22. The van der Waals surface area contributed by atoms with Crippen LogP contribution in [0.15, 0.2) is 84.0 Å². The molecular weight excluding hydrogens is 471 g/mol. The molecule has 4 aromatic rings. The number of hydrogen-bond donors (Lipinski definition) is 1. The molecule has 0 unspecified atom stereocenters. The van der Waals surface area contributed by atoms with E-state index in [0.29, 0.717) is 34.1 Å². The number of nitrogens with one attached hydrogen (secondary N) is 1. The van der Waals surface area contributed by atoms with Crippen LogP contribution in [-0.2, 0) is 12.6 Å². The summed E-state index contributed by atoms with van der Waals surface area (Å²) < 4.78 is 46.0. The van der Waals surface area contributed by atoms with Gasteiger partial charge in [0.15, 0.2) is 5.75 Å². The van der Waals surface area contributed by atoms with E-state index in [2.05, 4.69) is 10.3 Å². The van der Waals surface area contributed by atoms with Gasteiger partial charge >= 0.3 is 6.18 Å². The minimum Gasteiger partial charge on any atom is -0.459 e. The number of alkyl halides is 3. The van der Waals surface area contributed by atoms with Crippen molar-refractivity contribution in [3.63, 3.8) is 0 Å². The van der Waals surface area contributed by atoms with E-state index >= 15 is 0 Å². The number of benzene rings is 2. The molecule has 3 heterocycles. The SMILES string of the molecule is C[C@H](NC(=O)c1ccc2c(c1)c1c(c(=O)n2-c2ccc(C(F)(F)F)cc2)OC=CC1)c1ccccn1. The number of hydrogen-bond acceptors (Lipinski definition) is 4. The van der Waals surface area contributed by atoms with Gasteiger partial charge in [0.1, 0.15) is 0 Å². The predicted octanol–water partition coefficient (Wildman–Crippen LogP) is 5.34. The highest BCUT2D eigenvalue weighted by molar-refractivity contribution is 5.99. The third-order valence-electron chi connectivity index (χ3n) is 6.03. The summed E-state index contributed by atoms with van der Waals surface area (Å²) in [6.45, 7) is 1.82. The molecule has 1 aliphatic rings. The van der Waals surface area contributed by atoms with E-state index in [9.17, 15) is 22.8 Å². The molecule has 36 heavy (non-hydrogen) atoms. The second-order valence-corrected chi connectivity index (χ2v) is 8.37. The zero-order valence-corrected chi connectivity index (χ0v) is 19.0. The summed E-state index contributed by atoms with van der Waals surface area (Å²) in [5.41, 5.74) is 1.06. The molecule has 0 fully saturated rings. The molecule has 1 aliphatic heterocycles. The van der Waals surface area contributed by atoms with Crippen LogP contribution in [0.5, 0.6) is 5.75 Å². The van der Waals surface area contributed by atoms with Crippen molar-refractivity contribution in [1.29, 1.82) is 0 Å². The standard InChI is InChI=1S/C27H20F3N3O3/c1-16(22-6-2-3-13-31-22)32-25(34)17-7-12-23-21(15-17)20-5-4-14-36-24(20)26(35)33(23)19-10-8-18(9-11-19)27(28,29)30/h2-4,6-16H,5H2,1H3,(H,32,34)/t16-/m0/s1. The van der Waals surface area contributed by atoms with Gasteiger partial charge < -0.3 is 10.1 Å². The van der Waals surface area contributed by atoms with Crippen LogP contribution in [0.3, 0.4) is 0 Å². The third-order valence-corrected chi connectivity index (χ3v) is 6.03. The Morgan fingerprint density at radius 1 is 1.11 bits per heavy atom. The van der Waals surface area contributed by atoms with Crippen molar-refractivity contribution >= 4 is 16.8 Å². The fraction of sp³-hybridized carbons (Fsp3) is 0.148. The Bertz CT molecular complexity index is 1540. The van der Waals surface area contributed by atoms with Gasteiger partial charge in [-0.15, -0.1) is 0 Å². The summed E-state index contributed by atoms with van der Waals surface area (Å²) in [7, 11) is 0. The largest absolute Gasteiger partial charge is 0.459 e. The first kappa shape index (κ1) is 23.3. The van der Waals surface area contributed by atoms with Gasteiger partial charge in [-0.1, -0.05) is 6.07 Å². The van der Waals surface area contributed by atoms with E-state index < -0.39 is 17.3 Å². The molecule has 1 atom stereocenters. The first-order valence-corrected chi connectivity index (χ1v) is 11.2. The zero-order chi connectivity index (χ0) is 25.4. The van der Waals surface area contributed by atoms with E-state index in [1.165, 1.54) is 23.0 Å². The average molecular weight is 491 g/mol. The summed E-state index contributed by atoms with van der Waals surface area (Å²) in [4.78, 5) is 30.6. The minimum atomic E-state index is -4.50. The fourth-order valence-corrected chi connectivity index (χ4v) is 4.22. The van der Waals surface area contributed by atoms with E-state index in [1.807, 2.05) is 19.1 Å². The van der Waals surface area contributed by atoms with Crippen LogP contribution in [-0.4, -0.2) is 15.5 Å². The van der Waals surface area contributed by atoms with E-state index in [1.54, 1.807) is 36.5 Å².